The minimum Gasteiger partial charge on any atom is -0.300 e. The van der Waals surface area contributed by atoms with Gasteiger partial charge in [-0.15, -0.1) is 0 Å². The molecule has 2 fully saturated rings. The lowest BCUT2D eigenvalue weighted by Gasteiger charge is -2.41. The molecule has 2 aliphatic heterocycles. The van der Waals surface area contributed by atoms with Gasteiger partial charge in [-0.1, -0.05) is 48.9 Å². The van der Waals surface area contributed by atoms with Gasteiger partial charge in [0.2, 0.25) is 0 Å². The summed E-state index contributed by atoms with van der Waals surface area (Å²) in [5.41, 5.74) is 3.92. The maximum atomic E-state index is 2.76. The van der Waals surface area contributed by atoms with Crippen molar-refractivity contribution in [1.82, 2.24) is 9.21 Å². The van der Waals surface area contributed by atoms with Gasteiger partial charge in [0.25, 0.3) is 0 Å². The molecule has 0 radical (unpaired) electrons. The van der Waals surface area contributed by atoms with Crippen LogP contribution in [0.4, 0.5) is 0 Å². The highest BCUT2D eigenvalue weighted by Crippen LogP contribution is 2.31. The Balaban J connectivity index is 1.28. The highest BCUT2D eigenvalue weighted by Gasteiger charge is 2.27. The molecule has 2 saturated heterocycles. The Bertz CT molecular complexity index is 709. The summed E-state index contributed by atoms with van der Waals surface area (Å²) in [5, 5.41) is 0. The van der Waals surface area contributed by atoms with Gasteiger partial charge in [-0.25, -0.2) is 4.31 Å². The molecule has 2 nitrogen and oxygen atoms in total. The van der Waals surface area contributed by atoms with Gasteiger partial charge in [-0.05, 0) is 86.8 Å². The smallest absolute Gasteiger partial charge is 0.0230 e. The van der Waals surface area contributed by atoms with Crippen LogP contribution in [-0.2, 0) is 0 Å². The van der Waals surface area contributed by atoms with Crippen molar-refractivity contribution in [2.45, 2.75) is 50.5 Å². The molecule has 27 heavy (non-hydrogen) atoms. The van der Waals surface area contributed by atoms with Gasteiger partial charge in [-0.2, -0.15) is 0 Å². The highest BCUT2D eigenvalue weighted by molar-refractivity contribution is 7.97. The first-order chi connectivity index (χ1) is 13.2. The number of hydrogen-bond acceptors (Lipinski definition) is 3. The summed E-state index contributed by atoms with van der Waals surface area (Å²) in [6.45, 7) is 9.60. The van der Waals surface area contributed by atoms with E-state index in [4.69, 9.17) is 0 Å². The molecule has 0 atom stereocenters. The topological polar surface area (TPSA) is 6.48 Å². The predicted molar refractivity (Wildman–Crippen MR) is 117 cm³/mol. The van der Waals surface area contributed by atoms with Crippen LogP contribution in [-0.4, -0.2) is 41.4 Å². The van der Waals surface area contributed by atoms with Gasteiger partial charge in [0.1, 0.15) is 0 Å². The first-order valence-corrected chi connectivity index (χ1v) is 11.3. The standard InChI is InChI=1S/C24H32N2S/c1-19-3-5-21(6-4-19)22-7-9-24(10-8-22)27-26-17-13-23(14-18-26)25-15-11-20(2)12-16-25/h3-10,20,23H,11-18H2,1-2H3. The van der Waals surface area contributed by atoms with E-state index in [0.29, 0.717) is 0 Å². The quantitative estimate of drug-likeness (QED) is 0.613. The minimum absolute atomic E-state index is 0.818. The van der Waals surface area contributed by atoms with Gasteiger partial charge >= 0.3 is 0 Å². The van der Waals surface area contributed by atoms with Crippen LogP contribution in [0.5, 0.6) is 0 Å². The third-order valence-electron chi connectivity index (χ3n) is 6.23. The zero-order valence-electron chi connectivity index (χ0n) is 16.7. The summed E-state index contributed by atoms with van der Waals surface area (Å²) in [5.74, 6) is 0.930. The van der Waals surface area contributed by atoms with Gasteiger partial charge in [0.15, 0.2) is 0 Å². The molecule has 0 unspecified atom stereocenters. The number of hydrogen-bond donors (Lipinski definition) is 0. The van der Waals surface area contributed by atoms with Crippen molar-refractivity contribution < 1.29 is 0 Å². The Morgan fingerprint density at radius 2 is 1.30 bits per heavy atom. The Kier molecular flexibility index (Phi) is 6.21. The molecule has 4 rings (SSSR count). The van der Waals surface area contributed by atoms with Crippen molar-refractivity contribution in [3.8, 4) is 11.1 Å². The lowest BCUT2D eigenvalue weighted by molar-refractivity contribution is 0.103. The van der Waals surface area contributed by atoms with Crippen LogP contribution in [0.15, 0.2) is 53.4 Å². The van der Waals surface area contributed by atoms with E-state index in [2.05, 4.69) is 71.6 Å². The van der Waals surface area contributed by atoms with Crippen LogP contribution < -0.4 is 0 Å². The Labute approximate surface area is 169 Å². The molecule has 0 aromatic heterocycles. The number of rotatable bonds is 4. The second kappa shape index (κ2) is 8.81. The summed E-state index contributed by atoms with van der Waals surface area (Å²) in [6, 6.07) is 18.7. The molecule has 3 heteroatoms. The maximum Gasteiger partial charge on any atom is 0.0230 e. The fourth-order valence-electron chi connectivity index (χ4n) is 4.30. The summed E-state index contributed by atoms with van der Waals surface area (Å²) in [6.07, 6.45) is 5.43. The van der Waals surface area contributed by atoms with Crippen LogP contribution in [0.1, 0.15) is 38.2 Å². The maximum absolute atomic E-state index is 2.76. The van der Waals surface area contributed by atoms with Gasteiger partial charge in [0, 0.05) is 24.0 Å². The van der Waals surface area contributed by atoms with E-state index in [1.54, 1.807) is 0 Å². The van der Waals surface area contributed by atoms with Crippen molar-refractivity contribution in [2.24, 2.45) is 5.92 Å². The fraction of sp³-hybridized carbons (Fsp3) is 0.500. The molecule has 2 aliphatic rings. The minimum atomic E-state index is 0.818. The molecule has 0 spiro atoms. The molecule has 2 heterocycles. The summed E-state index contributed by atoms with van der Waals surface area (Å²) in [4.78, 5) is 4.12. The van der Waals surface area contributed by atoms with Crippen LogP contribution >= 0.6 is 11.9 Å². The van der Waals surface area contributed by atoms with E-state index in [1.807, 2.05) is 11.9 Å². The third kappa shape index (κ3) is 4.96. The van der Waals surface area contributed by atoms with Crippen molar-refractivity contribution in [1.29, 1.82) is 0 Å². The number of piperidine rings is 2. The Morgan fingerprint density at radius 3 is 1.89 bits per heavy atom. The molecular weight excluding hydrogens is 348 g/mol. The third-order valence-corrected chi connectivity index (χ3v) is 7.34. The molecule has 0 bridgehead atoms. The lowest BCUT2D eigenvalue weighted by Crippen LogP contribution is -2.46. The van der Waals surface area contributed by atoms with Crippen LogP contribution in [0.2, 0.25) is 0 Å². The zero-order valence-corrected chi connectivity index (χ0v) is 17.5. The molecule has 0 saturated carbocycles. The average Bonchev–Trinajstić information content (AvgIpc) is 2.71. The zero-order chi connectivity index (χ0) is 18.6. The largest absolute Gasteiger partial charge is 0.300 e. The number of likely N-dealkylation sites (tertiary alicyclic amines) is 1. The SMILES string of the molecule is Cc1ccc(-c2ccc(SN3CCC(N4CCC(C)CC4)CC3)cc2)cc1. The molecule has 144 valence electrons. The number of aryl methyl sites for hydroxylation is 1. The van der Waals surface area contributed by atoms with E-state index < -0.39 is 0 Å². The highest BCUT2D eigenvalue weighted by atomic mass is 32.2. The van der Waals surface area contributed by atoms with E-state index in [9.17, 15) is 0 Å². The van der Waals surface area contributed by atoms with E-state index in [1.165, 1.54) is 73.4 Å². The van der Waals surface area contributed by atoms with Gasteiger partial charge < -0.3 is 4.90 Å². The van der Waals surface area contributed by atoms with Crippen LogP contribution in [0.25, 0.3) is 11.1 Å². The van der Waals surface area contributed by atoms with Crippen molar-refractivity contribution >= 4 is 11.9 Å². The molecule has 2 aromatic rings. The first kappa shape index (κ1) is 19.0. The normalized spacial score (nSPS) is 20.8. The second-order valence-corrected chi connectivity index (χ2v) is 9.53. The van der Waals surface area contributed by atoms with Crippen LogP contribution in [0.3, 0.4) is 0 Å². The second-order valence-electron chi connectivity index (χ2n) is 8.36. The Morgan fingerprint density at radius 1 is 0.741 bits per heavy atom. The predicted octanol–water partition coefficient (Wildman–Crippen LogP) is 5.87. The summed E-state index contributed by atoms with van der Waals surface area (Å²) >= 11 is 1.93. The monoisotopic (exact) mass is 380 g/mol. The van der Waals surface area contributed by atoms with Crippen molar-refractivity contribution in [2.75, 3.05) is 26.2 Å². The first-order valence-electron chi connectivity index (χ1n) is 10.5. The van der Waals surface area contributed by atoms with E-state index in [0.717, 1.165) is 12.0 Å². The van der Waals surface area contributed by atoms with Gasteiger partial charge in [0.05, 0.1) is 0 Å². The summed E-state index contributed by atoms with van der Waals surface area (Å²) < 4.78 is 2.56. The molecule has 0 N–H and O–H groups in total. The van der Waals surface area contributed by atoms with E-state index in [-0.39, 0.29) is 0 Å². The summed E-state index contributed by atoms with van der Waals surface area (Å²) in [7, 11) is 0. The number of benzene rings is 2. The van der Waals surface area contributed by atoms with Crippen molar-refractivity contribution in [3.05, 3.63) is 54.1 Å². The van der Waals surface area contributed by atoms with Crippen molar-refractivity contribution in [3.63, 3.8) is 0 Å². The lowest BCUT2D eigenvalue weighted by atomic mass is 9.95. The molecule has 0 aliphatic carbocycles. The van der Waals surface area contributed by atoms with Crippen LogP contribution in [0, 0.1) is 12.8 Å². The average molecular weight is 381 g/mol. The fourth-order valence-corrected chi connectivity index (χ4v) is 5.24. The molecular formula is C24H32N2S. The Hall–Kier alpha value is -1.29. The van der Waals surface area contributed by atoms with E-state index >= 15 is 0 Å². The molecule has 0 amide bonds. The number of nitrogens with zero attached hydrogens (tertiary/aromatic N) is 2. The van der Waals surface area contributed by atoms with Gasteiger partial charge in [-0.3, -0.25) is 0 Å². The molecule has 2 aromatic carbocycles.